The molecule has 1 unspecified atom stereocenters. The molecule has 10 heteroatoms. The lowest BCUT2D eigenvalue weighted by atomic mass is 9.81. The fourth-order valence-electron chi connectivity index (χ4n) is 4.95. The topological polar surface area (TPSA) is 117 Å². The highest BCUT2D eigenvalue weighted by atomic mass is 19.3. The van der Waals surface area contributed by atoms with Crippen molar-refractivity contribution in [1.29, 1.82) is 0 Å². The van der Waals surface area contributed by atoms with Gasteiger partial charge in [0.25, 0.3) is 5.91 Å². The van der Waals surface area contributed by atoms with Gasteiger partial charge in [-0.3, -0.25) is 19.4 Å². The number of alkyl halides is 2. The van der Waals surface area contributed by atoms with Crippen molar-refractivity contribution in [2.24, 2.45) is 11.3 Å². The van der Waals surface area contributed by atoms with Gasteiger partial charge in [0, 0.05) is 31.4 Å². The summed E-state index contributed by atoms with van der Waals surface area (Å²) in [6.07, 6.45) is 2.41. The van der Waals surface area contributed by atoms with Gasteiger partial charge in [-0.2, -0.15) is 0 Å². The number of carbonyl (C=O) groups excluding carboxylic acids is 4. The lowest BCUT2D eigenvalue weighted by Crippen LogP contribution is -2.52. The Labute approximate surface area is 213 Å². The molecule has 0 saturated heterocycles. The van der Waals surface area contributed by atoms with Gasteiger partial charge in [-0.25, -0.2) is 13.6 Å². The highest BCUT2D eigenvalue weighted by Gasteiger charge is 2.60. The first-order valence-corrected chi connectivity index (χ1v) is 12.4. The lowest BCUT2D eigenvalue weighted by Gasteiger charge is -2.29. The molecule has 4 rings (SSSR count). The van der Waals surface area contributed by atoms with Gasteiger partial charge in [-0.05, 0) is 42.4 Å². The zero-order chi connectivity index (χ0) is 26.5. The molecule has 0 aliphatic heterocycles. The molecule has 3 amide bonds. The summed E-state index contributed by atoms with van der Waals surface area (Å²) in [5.41, 5.74) is 0.949. The second-order valence-corrected chi connectivity index (χ2v) is 9.88. The van der Waals surface area contributed by atoms with Crippen LogP contribution in [0.2, 0.25) is 0 Å². The summed E-state index contributed by atoms with van der Waals surface area (Å²) in [7, 11) is 0. The van der Waals surface area contributed by atoms with E-state index >= 15 is 0 Å². The summed E-state index contributed by atoms with van der Waals surface area (Å²) in [6.45, 7) is -0.216. The highest BCUT2D eigenvalue weighted by molar-refractivity contribution is 6.38. The minimum absolute atomic E-state index is 0.0548. The lowest BCUT2D eigenvalue weighted by molar-refractivity contribution is -0.139. The first-order valence-electron chi connectivity index (χ1n) is 12.4. The summed E-state index contributed by atoms with van der Waals surface area (Å²) in [5, 5.41) is 7.50. The van der Waals surface area contributed by atoms with Crippen molar-refractivity contribution in [2.45, 2.75) is 57.0 Å². The van der Waals surface area contributed by atoms with Gasteiger partial charge in [0.15, 0.2) is 5.78 Å². The van der Waals surface area contributed by atoms with Crippen LogP contribution >= 0.6 is 0 Å². The molecule has 1 heterocycles. The van der Waals surface area contributed by atoms with E-state index in [1.807, 2.05) is 6.07 Å². The largest absolute Gasteiger partial charge is 0.344 e. The van der Waals surface area contributed by atoms with Gasteiger partial charge in [-0.15, -0.1) is 0 Å². The van der Waals surface area contributed by atoms with Crippen LogP contribution in [0.25, 0.3) is 0 Å². The van der Waals surface area contributed by atoms with E-state index in [2.05, 4.69) is 20.9 Å². The summed E-state index contributed by atoms with van der Waals surface area (Å²) in [6, 6.07) is 12.2. The summed E-state index contributed by atoms with van der Waals surface area (Å²) in [5.74, 6) is -4.89. The van der Waals surface area contributed by atoms with E-state index in [9.17, 15) is 28.0 Å². The van der Waals surface area contributed by atoms with E-state index in [1.165, 1.54) is 0 Å². The van der Waals surface area contributed by atoms with Crippen LogP contribution in [0, 0.1) is 11.3 Å². The number of amides is 3. The molecule has 2 fully saturated rings. The number of nitrogens with zero attached hydrogens (tertiary/aromatic N) is 1. The number of hydrogen-bond donors (Lipinski definition) is 3. The first kappa shape index (κ1) is 26.4. The number of halogens is 2. The Hall–Kier alpha value is -3.69. The van der Waals surface area contributed by atoms with E-state index in [1.54, 1.807) is 48.7 Å². The minimum Gasteiger partial charge on any atom is -0.344 e. The summed E-state index contributed by atoms with van der Waals surface area (Å²) in [4.78, 5) is 54.7. The van der Waals surface area contributed by atoms with Crippen molar-refractivity contribution in [3.05, 3.63) is 66.0 Å². The molecule has 1 aromatic carbocycles. The van der Waals surface area contributed by atoms with Gasteiger partial charge in [0.1, 0.15) is 6.04 Å². The molecular weight excluding hydrogens is 482 g/mol. The third kappa shape index (κ3) is 6.96. The van der Waals surface area contributed by atoms with E-state index in [4.69, 9.17) is 0 Å². The van der Waals surface area contributed by atoms with Crippen molar-refractivity contribution < 1.29 is 28.0 Å². The van der Waals surface area contributed by atoms with E-state index in [0.29, 0.717) is 25.0 Å². The third-order valence-electron chi connectivity index (χ3n) is 7.26. The Bertz CT molecular complexity index is 1130. The van der Waals surface area contributed by atoms with Crippen LogP contribution in [0.15, 0.2) is 54.7 Å². The number of carbonyl (C=O) groups is 4. The van der Waals surface area contributed by atoms with Crippen molar-refractivity contribution in [3.8, 4) is 0 Å². The molecule has 2 aliphatic rings. The molecule has 0 radical (unpaired) electrons. The zero-order valence-electron chi connectivity index (χ0n) is 20.3. The molecule has 2 atom stereocenters. The molecule has 3 N–H and O–H groups in total. The SMILES string of the molecule is O=C(NCC(=O)C1CC12CCC(F)(F)CC2)N[C@H](Cc1ccccc1)C(=O)C(=O)NCc1ccccn1. The Morgan fingerprint density at radius 2 is 1.65 bits per heavy atom. The maximum Gasteiger partial charge on any atom is 0.315 e. The number of nitrogens with one attached hydrogen (secondary N) is 3. The van der Waals surface area contributed by atoms with Crippen molar-refractivity contribution in [3.63, 3.8) is 0 Å². The maximum atomic E-state index is 13.5. The van der Waals surface area contributed by atoms with Crippen LogP contribution in [-0.4, -0.2) is 47.0 Å². The number of Topliss-reactive ketones (excluding diaryl/α,β-unsaturated/α-hetero) is 2. The number of aromatic nitrogens is 1. The molecule has 1 aromatic heterocycles. The quantitative estimate of drug-likeness (QED) is 0.423. The van der Waals surface area contributed by atoms with E-state index in [0.717, 1.165) is 5.56 Å². The molecule has 0 bridgehead atoms. The maximum absolute atomic E-state index is 13.5. The van der Waals surface area contributed by atoms with Gasteiger partial charge >= 0.3 is 6.03 Å². The Kier molecular flexibility index (Phi) is 7.94. The molecule has 1 spiro atoms. The molecule has 8 nitrogen and oxygen atoms in total. The fourth-order valence-corrected chi connectivity index (χ4v) is 4.95. The molecule has 2 saturated carbocycles. The zero-order valence-corrected chi connectivity index (χ0v) is 20.3. The Morgan fingerprint density at radius 1 is 0.946 bits per heavy atom. The van der Waals surface area contributed by atoms with Crippen LogP contribution in [-0.2, 0) is 27.3 Å². The number of urea groups is 1. The highest BCUT2D eigenvalue weighted by Crippen LogP contribution is 2.63. The Balaban J connectivity index is 1.31. The average molecular weight is 513 g/mol. The molecule has 2 aliphatic carbocycles. The third-order valence-corrected chi connectivity index (χ3v) is 7.26. The molecule has 2 aromatic rings. The predicted molar refractivity (Wildman–Crippen MR) is 131 cm³/mol. The smallest absolute Gasteiger partial charge is 0.315 e. The van der Waals surface area contributed by atoms with Crippen LogP contribution in [0.5, 0.6) is 0 Å². The van der Waals surface area contributed by atoms with E-state index < -0.39 is 29.7 Å². The summed E-state index contributed by atoms with van der Waals surface area (Å²) >= 11 is 0. The first-order chi connectivity index (χ1) is 17.7. The molecular formula is C27H30F2N4O4. The van der Waals surface area contributed by atoms with E-state index in [-0.39, 0.29) is 49.5 Å². The molecule has 196 valence electrons. The van der Waals surface area contributed by atoms with Crippen molar-refractivity contribution in [1.82, 2.24) is 20.9 Å². The predicted octanol–water partition coefficient (Wildman–Crippen LogP) is 2.96. The van der Waals surface area contributed by atoms with Gasteiger partial charge < -0.3 is 16.0 Å². The Morgan fingerprint density at radius 3 is 2.32 bits per heavy atom. The number of ketones is 2. The van der Waals surface area contributed by atoms with Crippen LogP contribution in [0.4, 0.5) is 13.6 Å². The number of hydrogen-bond acceptors (Lipinski definition) is 5. The van der Waals surface area contributed by atoms with Crippen LogP contribution < -0.4 is 16.0 Å². The van der Waals surface area contributed by atoms with Gasteiger partial charge in [0.2, 0.25) is 11.7 Å². The van der Waals surface area contributed by atoms with Gasteiger partial charge in [-0.1, -0.05) is 36.4 Å². The number of pyridine rings is 1. The number of benzene rings is 1. The second-order valence-electron chi connectivity index (χ2n) is 9.88. The summed E-state index contributed by atoms with van der Waals surface area (Å²) < 4.78 is 27.0. The monoisotopic (exact) mass is 512 g/mol. The van der Waals surface area contributed by atoms with Gasteiger partial charge in [0.05, 0.1) is 18.8 Å². The average Bonchev–Trinajstić information content (AvgIpc) is 3.62. The van der Waals surface area contributed by atoms with Crippen LogP contribution in [0.1, 0.15) is 43.4 Å². The minimum atomic E-state index is -2.66. The van der Waals surface area contributed by atoms with Crippen molar-refractivity contribution in [2.75, 3.05) is 6.54 Å². The fraction of sp³-hybridized carbons (Fsp3) is 0.444. The molecule has 37 heavy (non-hydrogen) atoms. The van der Waals surface area contributed by atoms with Crippen LogP contribution in [0.3, 0.4) is 0 Å². The number of rotatable bonds is 10. The second kappa shape index (κ2) is 11.1. The van der Waals surface area contributed by atoms with Crippen molar-refractivity contribution >= 4 is 23.5 Å². The normalized spacial score (nSPS) is 19.9. The standard InChI is InChI=1S/C27H30F2N4O4/c28-27(29)11-9-26(10-12-27)15-20(26)22(34)17-32-25(37)33-21(14-18-6-2-1-3-7-18)23(35)24(36)31-16-19-8-4-5-13-30-19/h1-8,13,20-21H,9-12,14-17H2,(H,31,36)(H2,32,33,37)/t20?,21-/m1/s1.